The molecule has 2 aliphatic rings. The Morgan fingerprint density at radius 2 is 1.72 bits per heavy atom. The van der Waals surface area contributed by atoms with E-state index in [0.29, 0.717) is 31.1 Å². The maximum absolute atomic E-state index is 13.3. The fourth-order valence-electron chi connectivity index (χ4n) is 4.41. The summed E-state index contributed by atoms with van der Waals surface area (Å²) in [5.74, 6) is 0.630. The number of aryl methyl sites for hydroxylation is 1. The second-order valence-corrected chi connectivity index (χ2v) is 8.02. The number of carbonyl (C=O) groups is 1. The molecule has 2 saturated heterocycles. The lowest BCUT2D eigenvalue weighted by Crippen LogP contribution is -2.50. The zero-order valence-electron chi connectivity index (χ0n) is 18.3. The van der Waals surface area contributed by atoms with Gasteiger partial charge in [-0.25, -0.2) is 4.98 Å². The Morgan fingerprint density at radius 1 is 1.00 bits per heavy atom. The molecule has 0 bridgehead atoms. The summed E-state index contributed by atoms with van der Waals surface area (Å²) < 4.78 is 11.2. The number of rotatable bonds is 8. The van der Waals surface area contributed by atoms with Gasteiger partial charge in [0.05, 0.1) is 25.3 Å². The predicted octanol–water partition coefficient (Wildman–Crippen LogP) is 2.99. The second kappa shape index (κ2) is 10.8. The summed E-state index contributed by atoms with van der Waals surface area (Å²) in [7, 11) is 0. The van der Waals surface area contributed by atoms with Crippen LogP contribution in [0.3, 0.4) is 0 Å². The molecule has 3 heterocycles. The highest BCUT2D eigenvalue weighted by molar-refractivity contribution is 5.80. The number of aromatic nitrogens is 2. The summed E-state index contributed by atoms with van der Waals surface area (Å²) in [4.78, 5) is 26.8. The number of ether oxygens (including phenoxy) is 2. The van der Waals surface area contributed by atoms with Gasteiger partial charge >= 0.3 is 6.01 Å². The number of hydrogen-bond donors (Lipinski definition) is 0. The number of amides is 1. The van der Waals surface area contributed by atoms with Crippen LogP contribution in [0.15, 0.2) is 0 Å². The number of piperidine rings is 2. The van der Waals surface area contributed by atoms with Crippen LogP contribution < -0.4 is 9.47 Å². The molecule has 0 saturated carbocycles. The summed E-state index contributed by atoms with van der Waals surface area (Å²) in [6.45, 7) is 10.9. The molecule has 0 radical (unpaired) electrons. The standard InChI is InChI=1S/C22H36N4O3/c1-4-28-21-19(17(3)23-22(24-21)29-5-2)15-20(27)26-14-10-7-11-18(26)16-25-12-8-6-9-13-25/h18H,4-16H2,1-3H3/t18-/m0/s1. The third kappa shape index (κ3) is 5.81. The minimum Gasteiger partial charge on any atom is -0.478 e. The number of likely N-dealkylation sites (tertiary alicyclic amines) is 2. The van der Waals surface area contributed by atoms with Crippen molar-refractivity contribution in [2.75, 3.05) is 39.4 Å². The van der Waals surface area contributed by atoms with Gasteiger partial charge in [0.25, 0.3) is 0 Å². The minimum absolute atomic E-state index is 0.156. The third-order valence-electron chi connectivity index (χ3n) is 5.90. The molecular formula is C22H36N4O3. The van der Waals surface area contributed by atoms with Gasteiger partial charge in [-0.15, -0.1) is 0 Å². The summed E-state index contributed by atoms with van der Waals surface area (Å²) in [6, 6.07) is 0.624. The molecule has 0 spiro atoms. The Bertz CT molecular complexity index is 676. The van der Waals surface area contributed by atoms with Gasteiger partial charge in [-0.1, -0.05) is 6.42 Å². The van der Waals surface area contributed by atoms with Gasteiger partial charge in [-0.2, -0.15) is 4.98 Å². The van der Waals surface area contributed by atoms with Crippen LogP contribution in [0.5, 0.6) is 11.9 Å². The van der Waals surface area contributed by atoms with E-state index in [1.165, 1.54) is 38.8 Å². The molecule has 2 fully saturated rings. The Kier molecular flexibility index (Phi) is 8.09. The van der Waals surface area contributed by atoms with Crippen LogP contribution in [-0.4, -0.2) is 71.1 Å². The van der Waals surface area contributed by atoms with Crippen molar-refractivity contribution in [1.29, 1.82) is 0 Å². The fourth-order valence-corrected chi connectivity index (χ4v) is 4.41. The van der Waals surface area contributed by atoms with E-state index in [4.69, 9.17) is 9.47 Å². The molecule has 1 aromatic heterocycles. The Morgan fingerprint density at radius 3 is 2.45 bits per heavy atom. The molecule has 2 aliphatic heterocycles. The lowest BCUT2D eigenvalue weighted by Gasteiger charge is -2.40. The van der Waals surface area contributed by atoms with Gasteiger partial charge in [0.2, 0.25) is 11.8 Å². The number of hydrogen-bond acceptors (Lipinski definition) is 6. The normalized spacial score (nSPS) is 20.5. The maximum atomic E-state index is 13.3. The highest BCUT2D eigenvalue weighted by Crippen LogP contribution is 2.26. The Hall–Kier alpha value is -1.89. The molecule has 0 aliphatic carbocycles. The van der Waals surface area contributed by atoms with E-state index in [1.807, 2.05) is 20.8 Å². The van der Waals surface area contributed by atoms with Crippen LogP contribution in [0.4, 0.5) is 0 Å². The number of carbonyl (C=O) groups excluding carboxylic acids is 1. The molecule has 1 atom stereocenters. The van der Waals surface area contributed by atoms with Gasteiger partial charge < -0.3 is 19.3 Å². The first-order chi connectivity index (χ1) is 14.1. The first-order valence-corrected chi connectivity index (χ1v) is 11.3. The van der Waals surface area contributed by atoms with Crippen LogP contribution in [0.25, 0.3) is 0 Å². The summed E-state index contributed by atoms with van der Waals surface area (Å²) in [5, 5.41) is 0. The zero-order chi connectivity index (χ0) is 20.6. The SMILES string of the molecule is CCOc1nc(C)c(CC(=O)N2CCCC[C@H]2CN2CCCCC2)c(OCC)n1. The van der Waals surface area contributed by atoms with Crippen LogP contribution >= 0.6 is 0 Å². The predicted molar refractivity (Wildman–Crippen MR) is 112 cm³/mol. The van der Waals surface area contributed by atoms with Gasteiger partial charge in [-0.05, 0) is 66.0 Å². The summed E-state index contributed by atoms with van der Waals surface area (Å²) >= 11 is 0. The van der Waals surface area contributed by atoms with Crippen molar-refractivity contribution in [3.63, 3.8) is 0 Å². The van der Waals surface area contributed by atoms with Crippen molar-refractivity contribution in [3.05, 3.63) is 11.3 Å². The van der Waals surface area contributed by atoms with Crippen LogP contribution in [-0.2, 0) is 11.2 Å². The van der Waals surface area contributed by atoms with Crippen molar-refractivity contribution in [3.8, 4) is 11.9 Å². The maximum Gasteiger partial charge on any atom is 0.319 e. The van der Waals surface area contributed by atoms with Gasteiger partial charge in [0.1, 0.15) is 0 Å². The molecular weight excluding hydrogens is 368 g/mol. The van der Waals surface area contributed by atoms with Crippen LogP contribution in [0.1, 0.15) is 63.6 Å². The van der Waals surface area contributed by atoms with E-state index in [1.54, 1.807) is 0 Å². The van der Waals surface area contributed by atoms with E-state index in [9.17, 15) is 4.79 Å². The second-order valence-electron chi connectivity index (χ2n) is 8.02. The van der Waals surface area contributed by atoms with E-state index < -0.39 is 0 Å². The van der Waals surface area contributed by atoms with Crippen molar-refractivity contribution in [2.24, 2.45) is 0 Å². The molecule has 3 rings (SSSR count). The van der Waals surface area contributed by atoms with Gasteiger partial charge in [0, 0.05) is 24.7 Å². The molecule has 0 N–H and O–H groups in total. The largest absolute Gasteiger partial charge is 0.478 e. The molecule has 7 heteroatoms. The first-order valence-electron chi connectivity index (χ1n) is 11.3. The molecule has 7 nitrogen and oxygen atoms in total. The smallest absolute Gasteiger partial charge is 0.319 e. The van der Waals surface area contributed by atoms with Crippen LogP contribution in [0.2, 0.25) is 0 Å². The molecule has 29 heavy (non-hydrogen) atoms. The lowest BCUT2D eigenvalue weighted by molar-refractivity contribution is -0.134. The number of nitrogens with zero attached hydrogens (tertiary/aromatic N) is 4. The summed E-state index contributed by atoms with van der Waals surface area (Å²) in [5.41, 5.74) is 1.53. The average molecular weight is 405 g/mol. The van der Waals surface area contributed by atoms with Crippen molar-refractivity contribution in [1.82, 2.24) is 19.8 Å². The fraction of sp³-hybridized carbons (Fsp3) is 0.773. The molecule has 1 amide bonds. The van der Waals surface area contributed by atoms with E-state index >= 15 is 0 Å². The van der Waals surface area contributed by atoms with Crippen molar-refractivity contribution >= 4 is 5.91 Å². The highest BCUT2D eigenvalue weighted by atomic mass is 16.5. The Labute approximate surface area is 174 Å². The van der Waals surface area contributed by atoms with Crippen LogP contribution in [0, 0.1) is 6.92 Å². The van der Waals surface area contributed by atoms with Crippen molar-refractivity contribution in [2.45, 2.75) is 71.8 Å². The monoisotopic (exact) mass is 404 g/mol. The average Bonchev–Trinajstić information content (AvgIpc) is 2.72. The first kappa shape index (κ1) is 21.8. The third-order valence-corrected chi connectivity index (χ3v) is 5.90. The van der Waals surface area contributed by atoms with E-state index in [-0.39, 0.29) is 12.3 Å². The molecule has 0 aromatic carbocycles. The molecule has 1 aromatic rings. The summed E-state index contributed by atoms with van der Waals surface area (Å²) in [6.07, 6.45) is 7.56. The zero-order valence-corrected chi connectivity index (χ0v) is 18.3. The quantitative estimate of drug-likeness (QED) is 0.664. The molecule has 0 unspecified atom stereocenters. The Balaban J connectivity index is 1.73. The van der Waals surface area contributed by atoms with Crippen molar-refractivity contribution < 1.29 is 14.3 Å². The van der Waals surface area contributed by atoms with Gasteiger partial charge in [-0.3, -0.25) is 4.79 Å². The topological polar surface area (TPSA) is 67.8 Å². The highest BCUT2D eigenvalue weighted by Gasteiger charge is 2.30. The van der Waals surface area contributed by atoms with E-state index in [0.717, 1.165) is 37.2 Å². The minimum atomic E-state index is 0.156. The lowest BCUT2D eigenvalue weighted by atomic mass is 9.99. The van der Waals surface area contributed by atoms with Gasteiger partial charge in [0.15, 0.2) is 0 Å². The van der Waals surface area contributed by atoms with E-state index in [2.05, 4.69) is 19.8 Å². The molecule has 162 valence electrons.